The maximum absolute atomic E-state index is 8.95. The molecule has 20 heavy (non-hydrogen) atoms. The molecule has 0 saturated carbocycles. The molecule has 0 spiro atoms. The summed E-state index contributed by atoms with van der Waals surface area (Å²) < 4.78 is 16.5. The number of thiocarbonyl (C=S) groups is 1. The summed E-state index contributed by atoms with van der Waals surface area (Å²) in [6.07, 6.45) is 0.835. The third-order valence-electron chi connectivity index (χ3n) is 2.52. The summed E-state index contributed by atoms with van der Waals surface area (Å²) in [7, 11) is 2.82. The van der Waals surface area contributed by atoms with Crippen LogP contribution in [0.15, 0.2) is 0 Å². The quantitative estimate of drug-likeness (QED) is 0.426. The molecule has 0 amide bonds. The van der Waals surface area contributed by atoms with Gasteiger partial charge in [0.25, 0.3) is 0 Å². The van der Waals surface area contributed by atoms with E-state index in [1.165, 1.54) is 11.8 Å². The lowest BCUT2D eigenvalue weighted by atomic mass is 10.5. The molecule has 2 N–H and O–H groups in total. The Labute approximate surface area is 132 Å². The van der Waals surface area contributed by atoms with Crippen LogP contribution in [0.1, 0.15) is 6.42 Å². The molecule has 0 aliphatic heterocycles. The monoisotopic (exact) mass is 347 g/mol. The molecule has 0 bridgehead atoms. The first kappa shape index (κ1) is 20.4. The first-order valence-corrected chi connectivity index (χ1v) is 9.17. The van der Waals surface area contributed by atoms with Gasteiger partial charge in [-0.15, -0.1) is 0 Å². The maximum Gasteiger partial charge on any atom is 0.136 e. The highest BCUT2D eigenvalue weighted by Gasteiger charge is 2.22. The minimum Gasteiger partial charge on any atom is -0.395 e. The number of thioether (sulfide) groups is 1. The average molecular weight is 348 g/mol. The molecule has 0 saturated heterocycles. The largest absolute Gasteiger partial charge is 0.395 e. The van der Waals surface area contributed by atoms with E-state index in [4.69, 9.17) is 35.0 Å². The van der Waals surface area contributed by atoms with E-state index in [2.05, 4.69) is 0 Å². The topological polar surface area (TPSA) is 71.4 Å². The second-order valence-corrected chi connectivity index (χ2v) is 7.92. The van der Waals surface area contributed by atoms with E-state index in [0.717, 1.165) is 12.2 Å². The molecule has 0 rings (SSSR count). The summed E-state index contributed by atoms with van der Waals surface area (Å²) in [5.74, 6) is 1.48. The Bertz CT molecular complexity index is 252. The SMILES string of the molecule is COS(CCCSC(=S)N(CCO)CCO)(OC)OC. The fourth-order valence-electron chi connectivity index (χ4n) is 1.48. The van der Waals surface area contributed by atoms with Crippen molar-refractivity contribution >= 4 is 39.2 Å². The molecular weight excluding hydrogens is 322 g/mol. The second kappa shape index (κ2) is 12.0. The molecule has 0 unspecified atom stereocenters. The van der Waals surface area contributed by atoms with E-state index in [0.29, 0.717) is 23.2 Å². The van der Waals surface area contributed by atoms with E-state index < -0.39 is 10.9 Å². The van der Waals surface area contributed by atoms with Gasteiger partial charge in [0.15, 0.2) is 0 Å². The average Bonchev–Trinajstić information content (AvgIpc) is 2.48. The molecule has 0 aromatic heterocycles. The summed E-state index contributed by atoms with van der Waals surface area (Å²) in [6, 6.07) is 0. The second-order valence-electron chi connectivity index (χ2n) is 3.66. The number of nitrogens with zero attached hydrogens (tertiary/aromatic N) is 1. The highest BCUT2D eigenvalue weighted by molar-refractivity contribution is 8.23. The molecule has 0 radical (unpaired) electrons. The van der Waals surface area contributed by atoms with Crippen LogP contribution in [-0.2, 0) is 12.5 Å². The van der Waals surface area contributed by atoms with Crippen molar-refractivity contribution in [2.24, 2.45) is 0 Å². The Balaban J connectivity index is 4.06. The molecule has 0 aromatic carbocycles. The van der Waals surface area contributed by atoms with Crippen molar-refractivity contribution in [2.75, 3.05) is 59.1 Å². The van der Waals surface area contributed by atoms with E-state index in [1.54, 1.807) is 26.2 Å². The summed E-state index contributed by atoms with van der Waals surface area (Å²) in [5, 5.41) is 17.9. The van der Waals surface area contributed by atoms with Crippen molar-refractivity contribution in [1.82, 2.24) is 4.90 Å². The Hall–Kier alpha value is 0.390. The highest BCUT2D eigenvalue weighted by atomic mass is 32.3. The molecule has 9 heteroatoms. The standard InChI is InChI=1S/C11H25NO5S3/c1-15-20(16-2,17-3)10-4-9-19-11(18)12(5-7-13)6-8-14/h13-14H,4-10H2,1-3H3. The summed E-state index contributed by atoms with van der Waals surface area (Å²) in [5.41, 5.74) is 0. The van der Waals surface area contributed by atoms with Gasteiger partial charge >= 0.3 is 0 Å². The lowest BCUT2D eigenvalue weighted by molar-refractivity contribution is 0.216. The van der Waals surface area contributed by atoms with Gasteiger partial charge in [-0.25, -0.2) is 0 Å². The first-order valence-electron chi connectivity index (χ1n) is 6.20. The fraction of sp³-hybridized carbons (Fsp3) is 0.909. The van der Waals surface area contributed by atoms with Gasteiger partial charge in [0.2, 0.25) is 0 Å². The van der Waals surface area contributed by atoms with Crippen LogP contribution in [0.4, 0.5) is 0 Å². The minimum atomic E-state index is -1.90. The smallest absolute Gasteiger partial charge is 0.136 e. The minimum absolute atomic E-state index is 0.0188. The first-order chi connectivity index (χ1) is 9.59. The number of hydrogen-bond donors (Lipinski definition) is 2. The zero-order valence-electron chi connectivity index (χ0n) is 12.2. The van der Waals surface area contributed by atoms with E-state index in [9.17, 15) is 0 Å². The van der Waals surface area contributed by atoms with Crippen molar-refractivity contribution in [1.29, 1.82) is 0 Å². The van der Waals surface area contributed by atoms with Gasteiger partial charge in [-0.2, -0.15) is 0 Å². The molecule has 0 aliphatic carbocycles. The number of hydrogen-bond acceptors (Lipinski definition) is 7. The van der Waals surface area contributed by atoms with Crippen LogP contribution in [-0.4, -0.2) is 78.6 Å². The zero-order chi connectivity index (χ0) is 15.4. The number of aliphatic hydroxyl groups excluding tert-OH is 2. The lowest BCUT2D eigenvalue weighted by Gasteiger charge is -2.33. The Kier molecular flexibility index (Phi) is 12.2. The van der Waals surface area contributed by atoms with Crippen LogP contribution in [0, 0.1) is 0 Å². The van der Waals surface area contributed by atoms with Gasteiger partial charge in [0, 0.05) is 24.6 Å². The van der Waals surface area contributed by atoms with Gasteiger partial charge < -0.3 is 15.1 Å². The zero-order valence-corrected chi connectivity index (χ0v) is 14.7. The number of aliphatic hydroxyl groups is 2. The maximum atomic E-state index is 8.95. The summed E-state index contributed by atoms with van der Waals surface area (Å²) in [4.78, 5) is 1.79. The Morgan fingerprint density at radius 2 is 1.60 bits per heavy atom. The van der Waals surface area contributed by atoms with Crippen LogP contribution in [0.25, 0.3) is 0 Å². The summed E-state index contributed by atoms with van der Waals surface area (Å²) in [6.45, 7) is 0.918. The van der Waals surface area contributed by atoms with Crippen LogP contribution in [0.5, 0.6) is 0 Å². The van der Waals surface area contributed by atoms with Crippen molar-refractivity contribution in [2.45, 2.75) is 6.42 Å². The van der Waals surface area contributed by atoms with Gasteiger partial charge in [0.1, 0.15) is 4.32 Å². The normalized spacial score (nSPS) is 12.4. The van der Waals surface area contributed by atoms with Crippen LogP contribution >= 0.6 is 34.9 Å². The molecule has 0 heterocycles. The lowest BCUT2D eigenvalue weighted by Crippen LogP contribution is -2.33. The molecular formula is C11H25NO5S3. The van der Waals surface area contributed by atoms with Gasteiger partial charge in [-0.05, 0) is 6.42 Å². The van der Waals surface area contributed by atoms with Gasteiger partial charge in [0.05, 0.1) is 45.4 Å². The van der Waals surface area contributed by atoms with Crippen LogP contribution in [0.2, 0.25) is 0 Å². The van der Waals surface area contributed by atoms with Crippen molar-refractivity contribution < 1.29 is 22.8 Å². The van der Waals surface area contributed by atoms with Crippen molar-refractivity contribution in [3.63, 3.8) is 0 Å². The van der Waals surface area contributed by atoms with Crippen LogP contribution in [0.3, 0.4) is 0 Å². The molecule has 0 fully saturated rings. The number of rotatable bonds is 11. The summed E-state index contributed by atoms with van der Waals surface area (Å²) >= 11 is 6.80. The molecule has 0 atom stereocenters. The van der Waals surface area contributed by atoms with Crippen LogP contribution < -0.4 is 0 Å². The predicted octanol–water partition coefficient (Wildman–Crippen LogP) is 1.17. The Morgan fingerprint density at radius 1 is 1.10 bits per heavy atom. The third kappa shape index (κ3) is 7.41. The molecule has 6 nitrogen and oxygen atoms in total. The van der Waals surface area contributed by atoms with E-state index in [1.807, 2.05) is 0 Å². The predicted molar refractivity (Wildman–Crippen MR) is 88.9 cm³/mol. The van der Waals surface area contributed by atoms with E-state index in [-0.39, 0.29) is 13.2 Å². The third-order valence-corrected chi connectivity index (χ3v) is 6.45. The van der Waals surface area contributed by atoms with Crippen molar-refractivity contribution in [3.05, 3.63) is 0 Å². The van der Waals surface area contributed by atoms with Gasteiger partial charge in [-0.1, -0.05) is 24.0 Å². The molecule has 122 valence electrons. The Morgan fingerprint density at radius 3 is 2.00 bits per heavy atom. The molecule has 0 aliphatic rings. The van der Waals surface area contributed by atoms with Crippen molar-refractivity contribution in [3.8, 4) is 0 Å². The van der Waals surface area contributed by atoms with Gasteiger partial charge in [-0.3, -0.25) is 12.5 Å². The highest BCUT2D eigenvalue weighted by Crippen LogP contribution is 2.49. The van der Waals surface area contributed by atoms with E-state index >= 15 is 0 Å². The fourth-order valence-corrected chi connectivity index (χ4v) is 4.33. The molecule has 0 aromatic rings.